The van der Waals surface area contributed by atoms with Gasteiger partial charge in [-0.1, -0.05) is 6.07 Å². The molecule has 0 radical (unpaired) electrons. The number of methoxy groups -OCH3 is 1. The fourth-order valence-corrected chi connectivity index (χ4v) is 2.79. The van der Waals surface area contributed by atoms with Crippen LogP contribution < -0.4 is 16.0 Å². The summed E-state index contributed by atoms with van der Waals surface area (Å²) in [5.41, 5.74) is 0.207. The number of aromatic hydroxyl groups is 1. The number of imidazole rings is 1. The van der Waals surface area contributed by atoms with E-state index in [9.17, 15) is 24.6 Å². The van der Waals surface area contributed by atoms with E-state index in [1.807, 2.05) is 0 Å². The van der Waals surface area contributed by atoms with E-state index in [0.29, 0.717) is 11.3 Å². The number of aliphatic carboxylic acids is 1. The number of aromatic nitrogens is 4. The minimum atomic E-state index is -1.02. The van der Waals surface area contributed by atoms with Gasteiger partial charge in [-0.25, -0.2) is 14.6 Å². The number of hydrogen-bond donors (Lipinski definition) is 4. The van der Waals surface area contributed by atoms with Gasteiger partial charge in [0.15, 0.2) is 22.7 Å². The highest BCUT2D eigenvalue weighted by molar-refractivity contribution is 5.85. The summed E-state index contributed by atoms with van der Waals surface area (Å²) in [6.07, 6.45) is 2.82. The molecule has 172 valence electrons. The van der Waals surface area contributed by atoms with Gasteiger partial charge in [0.05, 0.1) is 32.7 Å². The number of hydrogen-bond acceptors (Lipinski definition) is 8. The minimum absolute atomic E-state index is 0.0278. The third-order valence-electron chi connectivity index (χ3n) is 4.46. The van der Waals surface area contributed by atoms with Gasteiger partial charge in [-0.2, -0.15) is 0 Å². The number of carbonyl (C=O) groups is 1. The number of fused-ring (bicyclic) bond motifs is 1. The minimum Gasteiger partial charge on any atom is -0.504 e. The van der Waals surface area contributed by atoms with E-state index in [1.165, 1.54) is 48.8 Å². The third-order valence-corrected chi connectivity index (χ3v) is 4.46. The summed E-state index contributed by atoms with van der Waals surface area (Å²) in [5.74, 6) is -0.672. The van der Waals surface area contributed by atoms with Crippen LogP contribution in [0.4, 0.5) is 0 Å². The Balaban J connectivity index is 0.000000235. The van der Waals surface area contributed by atoms with Crippen molar-refractivity contribution in [2.75, 3.05) is 13.7 Å². The van der Waals surface area contributed by atoms with E-state index in [4.69, 9.17) is 14.9 Å². The molecule has 0 bridgehead atoms. The SMILES string of the molecule is COc1cc(/C=C/C(=O)O)ccc1O.Cn1c(=O)c2c(ncn2CC(O)CO)n(C)c1=O. The molecule has 32 heavy (non-hydrogen) atoms. The normalized spacial score (nSPS) is 11.9. The molecule has 1 atom stereocenters. The Labute approximate surface area is 181 Å². The van der Waals surface area contributed by atoms with Crippen LogP contribution in [0.25, 0.3) is 17.2 Å². The monoisotopic (exact) mass is 448 g/mol. The zero-order valence-corrected chi connectivity index (χ0v) is 17.7. The highest BCUT2D eigenvalue weighted by Crippen LogP contribution is 2.26. The maximum absolute atomic E-state index is 12.0. The maximum Gasteiger partial charge on any atom is 0.332 e. The summed E-state index contributed by atoms with van der Waals surface area (Å²) < 4.78 is 8.53. The van der Waals surface area contributed by atoms with Crippen LogP contribution in [-0.2, 0) is 25.4 Å². The predicted molar refractivity (Wildman–Crippen MR) is 115 cm³/mol. The molecule has 4 N–H and O–H groups in total. The van der Waals surface area contributed by atoms with Crippen molar-refractivity contribution < 1.29 is 30.0 Å². The number of aliphatic hydroxyl groups excluding tert-OH is 2. The van der Waals surface area contributed by atoms with Crippen molar-refractivity contribution in [2.45, 2.75) is 12.6 Å². The number of phenols is 1. The van der Waals surface area contributed by atoms with Crippen LogP contribution in [-0.4, -0.2) is 64.9 Å². The molecule has 2 aromatic heterocycles. The zero-order valence-electron chi connectivity index (χ0n) is 17.7. The molecular weight excluding hydrogens is 424 g/mol. The van der Waals surface area contributed by atoms with Gasteiger partial charge >= 0.3 is 11.7 Å². The molecule has 0 aliphatic heterocycles. The first-order valence-corrected chi connectivity index (χ1v) is 9.28. The van der Waals surface area contributed by atoms with Crippen LogP contribution >= 0.6 is 0 Å². The smallest absolute Gasteiger partial charge is 0.332 e. The van der Waals surface area contributed by atoms with Crippen molar-refractivity contribution in [3.63, 3.8) is 0 Å². The number of benzene rings is 1. The van der Waals surface area contributed by atoms with Crippen molar-refractivity contribution in [1.29, 1.82) is 0 Å². The van der Waals surface area contributed by atoms with Gasteiger partial charge in [-0.3, -0.25) is 13.9 Å². The van der Waals surface area contributed by atoms with Crippen LogP contribution in [0.1, 0.15) is 5.56 Å². The van der Waals surface area contributed by atoms with Crippen molar-refractivity contribution in [3.05, 3.63) is 57.0 Å². The summed E-state index contributed by atoms with van der Waals surface area (Å²) >= 11 is 0. The Bertz CT molecular complexity index is 1250. The quantitative estimate of drug-likeness (QED) is 0.356. The molecule has 2 heterocycles. The molecule has 0 aliphatic carbocycles. The molecule has 0 aliphatic rings. The predicted octanol–water partition coefficient (Wildman–Crippen LogP) is -0.714. The van der Waals surface area contributed by atoms with E-state index in [0.717, 1.165) is 10.6 Å². The van der Waals surface area contributed by atoms with Crippen molar-refractivity contribution in [2.24, 2.45) is 14.1 Å². The van der Waals surface area contributed by atoms with E-state index in [1.54, 1.807) is 12.1 Å². The first kappa shape index (κ1) is 24.4. The van der Waals surface area contributed by atoms with Gasteiger partial charge in [0.2, 0.25) is 0 Å². The lowest BCUT2D eigenvalue weighted by Crippen LogP contribution is -2.38. The number of ether oxygens (including phenoxy) is 1. The van der Waals surface area contributed by atoms with Crippen LogP contribution in [0.15, 0.2) is 40.2 Å². The lowest BCUT2D eigenvalue weighted by Gasteiger charge is -2.09. The average molecular weight is 448 g/mol. The summed E-state index contributed by atoms with van der Waals surface area (Å²) in [6, 6.07) is 4.59. The van der Waals surface area contributed by atoms with Gasteiger partial charge < -0.3 is 29.7 Å². The second-order valence-electron chi connectivity index (χ2n) is 6.71. The molecule has 1 unspecified atom stereocenters. The second kappa shape index (κ2) is 10.4. The van der Waals surface area contributed by atoms with Crippen LogP contribution in [0.3, 0.4) is 0 Å². The largest absolute Gasteiger partial charge is 0.504 e. The van der Waals surface area contributed by atoms with Gasteiger partial charge in [0, 0.05) is 20.2 Å². The van der Waals surface area contributed by atoms with E-state index >= 15 is 0 Å². The lowest BCUT2D eigenvalue weighted by atomic mass is 10.2. The summed E-state index contributed by atoms with van der Waals surface area (Å²) in [6.45, 7) is -0.369. The Kier molecular flexibility index (Phi) is 7.93. The van der Waals surface area contributed by atoms with Gasteiger partial charge in [-0.15, -0.1) is 0 Å². The molecule has 0 saturated heterocycles. The highest BCUT2D eigenvalue weighted by atomic mass is 16.5. The van der Waals surface area contributed by atoms with E-state index < -0.39 is 29.9 Å². The molecule has 0 saturated carbocycles. The van der Waals surface area contributed by atoms with Crippen molar-refractivity contribution in [1.82, 2.24) is 18.7 Å². The van der Waals surface area contributed by atoms with Crippen LogP contribution in [0, 0.1) is 0 Å². The average Bonchev–Trinajstić information content (AvgIpc) is 3.19. The Hall–Kier alpha value is -3.90. The number of rotatable bonds is 6. The number of nitrogens with zero attached hydrogens (tertiary/aromatic N) is 4. The molecule has 3 rings (SSSR count). The van der Waals surface area contributed by atoms with Gasteiger partial charge in [0.1, 0.15) is 0 Å². The number of phenolic OH excluding ortho intramolecular Hbond substituents is 1. The first-order chi connectivity index (χ1) is 15.1. The topological polar surface area (TPSA) is 169 Å². The molecule has 0 spiro atoms. The number of aryl methyl sites for hydroxylation is 1. The third kappa shape index (κ3) is 5.42. The summed E-state index contributed by atoms with van der Waals surface area (Å²) in [4.78, 5) is 37.9. The molecule has 1 aromatic carbocycles. The fraction of sp³-hybridized carbons (Fsp3) is 0.300. The summed E-state index contributed by atoms with van der Waals surface area (Å²) in [7, 11) is 4.33. The molecule has 12 nitrogen and oxygen atoms in total. The Morgan fingerprint density at radius 2 is 1.94 bits per heavy atom. The van der Waals surface area contributed by atoms with Crippen LogP contribution in [0.2, 0.25) is 0 Å². The van der Waals surface area contributed by atoms with Crippen molar-refractivity contribution in [3.8, 4) is 11.5 Å². The standard InChI is InChI=1S/C10H14N4O4.C10H10O4/c1-12-8-7(9(17)13(2)10(12)18)14(5-11-8)3-6(16)4-15;1-14-9-6-7(2-4-8(9)11)3-5-10(12)13/h5-6,15-16H,3-4H2,1-2H3;2-6,11H,1H3,(H,12,13)/b;5-3+. The molecule has 12 heteroatoms. The van der Waals surface area contributed by atoms with Gasteiger partial charge in [0.25, 0.3) is 5.56 Å². The highest BCUT2D eigenvalue weighted by Gasteiger charge is 2.15. The Morgan fingerprint density at radius 1 is 1.25 bits per heavy atom. The van der Waals surface area contributed by atoms with E-state index in [2.05, 4.69) is 4.98 Å². The van der Waals surface area contributed by atoms with E-state index in [-0.39, 0.29) is 23.5 Å². The number of carboxylic acids is 1. The maximum atomic E-state index is 12.0. The first-order valence-electron chi connectivity index (χ1n) is 9.28. The molecule has 3 aromatic rings. The van der Waals surface area contributed by atoms with Crippen LogP contribution in [0.5, 0.6) is 11.5 Å². The number of aliphatic hydroxyl groups is 2. The lowest BCUT2D eigenvalue weighted by molar-refractivity contribution is -0.131. The molecule has 0 fully saturated rings. The number of carboxylic acid groups (broad SMARTS) is 1. The second-order valence-corrected chi connectivity index (χ2v) is 6.71. The Morgan fingerprint density at radius 3 is 2.53 bits per heavy atom. The fourth-order valence-electron chi connectivity index (χ4n) is 2.79. The molecular formula is C20H24N4O8. The van der Waals surface area contributed by atoms with Gasteiger partial charge in [-0.05, 0) is 23.8 Å². The van der Waals surface area contributed by atoms with Crippen molar-refractivity contribution >= 4 is 23.2 Å². The zero-order chi connectivity index (χ0) is 24.0. The molecule has 0 amide bonds. The summed E-state index contributed by atoms with van der Waals surface area (Å²) in [5, 5.41) is 35.8.